The van der Waals surface area contributed by atoms with E-state index in [9.17, 15) is 17.2 Å². The Morgan fingerprint density at radius 3 is 2.68 bits per heavy atom. The van der Waals surface area contributed by atoms with Gasteiger partial charge in [0.25, 0.3) is 0 Å². The minimum Gasteiger partial charge on any atom is -0.368 e. The van der Waals surface area contributed by atoms with Crippen molar-refractivity contribution in [2.45, 2.75) is 17.7 Å². The second-order valence-electron chi connectivity index (χ2n) is 5.14. The van der Waals surface area contributed by atoms with Gasteiger partial charge in [0.05, 0.1) is 6.61 Å². The smallest absolute Gasteiger partial charge is 0.248 e. The number of hydrogen-bond acceptors (Lipinski definition) is 3. The normalized spacial score (nSPS) is 19.8. The fraction of sp³-hybridized carbons (Fsp3) is 0.467. The summed E-state index contributed by atoms with van der Waals surface area (Å²) in [5, 5.41) is 0. The molecule has 0 N–H and O–H groups in total. The summed E-state index contributed by atoms with van der Waals surface area (Å²) < 4.78 is 58.8. The van der Waals surface area contributed by atoms with E-state index in [1.165, 1.54) is 0 Å². The molecule has 1 aliphatic heterocycles. The lowest BCUT2D eigenvalue weighted by molar-refractivity contribution is 0.0989. The Kier molecular flexibility index (Phi) is 5.51. The lowest BCUT2D eigenvalue weighted by Crippen LogP contribution is -2.41. The van der Waals surface area contributed by atoms with Gasteiger partial charge in [-0.15, -0.1) is 6.42 Å². The van der Waals surface area contributed by atoms with E-state index in [0.717, 1.165) is 28.9 Å². The maximum absolute atomic E-state index is 13.8. The number of halogens is 2. The molecular weight excluding hydrogens is 312 g/mol. The van der Waals surface area contributed by atoms with Crippen LogP contribution in [0, 0.1) is 29.9 Å². The van der Waals surface area contributed by atoms with Crippen LogP contribution in [0.1, 0.15) is 12.8 Å². The van der Waals surface area contributed by atoms with Gasteiger partial charge in [0, 0.05) is 13.1 Å². The molecule has 7 heteroatoms. The molecule has 0 radical (unpaired) electrons. The van der Waals surface area contributed by atoms with Crippen LogP contribution >= 0.6 is 0 Å². The molecule has 1 fully saturated rings. The molecule has 1 saturated heterocycles. The maximum atomic E-state index is 13.8. The summed E-state index contributed by atoms with van der Waals surface area (Å²) in [6.07, 6.45) is 6.48. The third kappa shape index (κ3) is 3.64. The molecule has 1 heterocycles. The van der Waals surface area contributed by atoms with Gasteiger partial charge < -0.3 is 4.74 Å². The van der Waals surface area contributed by atoms with Gasteiger partial charge >= 0.3 is 0 Å². The summed E-state index contributed by atoms with van der Waals surface area (Å²) >= 11 is 0. The minimum atomic E-state index is -4.20. The molecule has 22 heavy (non-hydrogen) atoms. The highest BCUT2D eigenvalue weighted by atomic mass is 32.2. The number of nitrogens with zero attached hydrogens (tertiary/aromatic N) is 1. The number of piperidine rings is 1. The molecule has 1 aromatic carbocycles. The lowest BCUT2D eigenvalue weighted by Gasteiger charge is -2.31. The Morgan fingerprint density at radius 2 is 2.05 bits per heavy atom. The van der Waals surface area contributed by atoms with Crippen LogP contribution in [0.2, 0.25) is 0 Å². The van der Waals surface area contributed by atoms with E-state index in [1.54, 1.807) is 0 Å². The molecule has 1 unspecified atom stereocenters. The number of sulfonamides is 1. The van der Waals surface area contributed by atoms with Gasteiger partial charge in [0.1, 0.15) is 18.2 Å². The van der Waals surface area contributed by atoms with E-state index in [2.05, 4.69) is 5.92 Å². The number of benzene rings is 1. The van der Waals surface area contributed by atoms with Crippen LogP contribution in [-0.2, 0) is 14.8 Å². The van der Waals surface area contributed by atoms with Crippen molar-refractivity contribution in [3.05, 3.63) is 29.8 Å². The van der Waals surface area contributed by atoms with Crippen LogP contribution in [0.15, 0.2) is 23.1 Å². The molecule has 0 amide bonds. The molecule has 0 aliphatic carbocycles. The Balaban J connectivity index is 2.17. The highest BCUT2D eigenvalue weighted by Gasteiger charge is 2.34. The molecule has 4 nitrogen and oxygen atoms in total. The predicted octanol–water partition coefficient (Wildman–Crippen LogP) is 2.02. The van der Waals surface area contributed by atoms with Gasteiger partial charge in [-0.3, -0.25) is 0 Å². The van der Waals surface area contributed by atoms with Crippen molar-refractivity contribution in [3.8, 4) is 12.3 Å². The minimum absolute atomic E-state index is 0.0355. The Labute approximate surface area is 129 Å². The van der Waals surface area contributed by atoms with Gasteiger partial charge in [0.2, 0.25) is 10.0 Å². The Bertz CT molecular complexity index is 650. The van der Waals surface area contributed by atoms with Gasteiger partial charge in [0.15, 0.2) is 4.90 Å². The van der Waals surface area contributed by atoms with E-state index in [1.807, 2.05) is 0 Å². The van der Waals surface area contributed by atoms with E-state index in [-0.39, 0.29) is 25.6 Å². The second-order valence-corrected chi connectivity index (χ2v) is 7.02. The molecule has 1 aliphatic rings. The van der Waals surface area contributed by atoms with Crippen molar-refractivity contribution in [2.75, 3.05) is 26.3 Å². The largest absolute Gasteiger partial charge is 0.368 e. The maximum Gasteiger partial charge on any atom is 0.248 e. The Morgan fingerprint density at radius 1 is 1.36 bits per heavy atom. The van der Waals surface area contributed by atoms with Crippen molar-refractivity contribution in [2.24, 2.45) is 5.92 Å². The first-order valence-corrected chi connectivity index (χ1v) is 8.36. The van der Waals surface area contributed by atoms with E-state index in [4.69, 9.17) is 11.2 Å². The lowest BCUT2D eigenvalue weighted by atomic mass is 10.0. The van der Waals surface area contributed by atoms with Crippen molar-refractivity contribution < 1.29 is 21.9 Å². The van der Waals surface area contributed by atoms with Crippen molar-refractivity contribution in [1.82, 2.24) is 4.31 Å². The number of hydrogen-bond donors (Lipinski definition) is 0. The summed E-state index contributed by atoms with van der Waals surface area (Å²) in [4.78, 5) is -0.889. The fourth-order valence-corrected chi connectivity index (χ4v) is 4.19. The van der Waals surface area contributed by atoms with E-state index >= 15 is 0 Å². The zero-order chi connectivity index (χ0) is 16.2. The average molecular weight is 329 g/mol. The van der Waals surface area contributed by atoms with Crippen molar-refractivity contribution in [3.63, 3.8) is 0 Å². The second kappa shape index (κ2) is 7.18. The first-order chi connectivity index (χ1) is 10.5. The molecule has 0 aromatic heterocycles. The molecule has 1 atom stereocenters. The first kappa shape index (κ1) is 16.9. The first-order valence-electron chi connectivity index (χ1n) is 6.92. The summed E-state index contributed by atoms with van der Waals surface area (Å²) in [6.45, 7) is 0.892. The van der Waals surface area contributed by atoms with Gasteiger partial charge in [-0.05, 0) is 30.9 Å². The van der Waals surface area contributed by atoms with Crippen molar-refractivity contribution >= 4 is 10.0 Å². The Hall–Kier alpha value is -1.49. The number of ether oxygens (including phenoxy) is 1. The van der Waals surface area contributed by atoms with Crippen LogP contribution < -0.4 is 0 Å². The quantitative estimate of drug-likeness (QED) is 0.613. The highest BCUT2D eigenvalue weighted by Crippen LogP contribution is 2.27. The third-order valence-electron chi connectivity index (χ3n) is 3.54. The molecule has 1 aromatic rings. The van der Waals surface area contributed by atoms with E-state index in [0.29, 0.717) is 13.0 Å². The van der Waals surface area contributed by atoms with Crippen LogP contribution in [0.4, 0.5) is 8.78 Å². The molecule has 2 rings (SSSR count). The molecule has 0 bridgehead atoms. The monoisotopic (exact) mass is 329 g/mol. The molecule has 120 valence electrons. The molecule has 0 saturated carbocycles. The molecule has 0 spiro atoms. The summed E-state index contributed by atoms with van der Waals surface area (Å²) in [6, 6.07) is 3.01. The topological polar surface area (TPSA) is 46.6 Å². The third-order valence-corrected chi connectivity index (χ3v) is 5.45. The molecular formula is C15H17F2NO3S. The van der Waals surface area contributed by atoms with Crippen molar-refractivity contribution in [1.29, 1.82) is 0 Å². The van der Waals surface area contributed by atoms with Crippen LogP contribution in [0.3, 0.4) is 0 Å². The SMILES string of the molecule is C#CCOCC1CCCN(S(=O)(=O)c2c(F)cccc2F)C1. The number of terminal acetylenes is 1. The van der Waals surface area contributed by atoms with Gasteiger partial charge in [-0.1, -0.05) is 12.0 Å². The van der Waals surface area contributed by atoms with Crippen LogP contribution in [-0.4, -0.2) is 39.0 Å². The highest BCUT2D eigenvalue weighted by molar-refractivity contribution is 7.89. The van der Waals surface area contributed by atoms with Gasteiger partial charge in [-0.25, -0.2) is 17.2 Å². The fourth-order valence-electron chi connectivity index (χ4n) is 2.52. The standard InChI is InChI=1S/C15H17F2NO3S/c1-2-9-21-11-12-5-4-8-18(10-12)22(19,20)15-13(16)6-3-7-14(15)17/h1,3,6-7,12H,4-5,8-11H2. The van der Waals surface area contributed by atoms with Crippen LogP contribution in [0.25, 0.3) is 0 Å². The van der Waals surface area contributed by atoms with Crippen LogP contribution in [0.5, 0.6) is 0 Å². The predicted molar refractivity (Wildman–Crippen MR) is 77.5 cm³/mol. The van der Waals surface area contributed by atoms with E-state index < -0.39 is 26.6 Å². The summed E-state index contributed by atoms with van der Waals surface area (Å²) in [7, 11) is -4.20. The average Bonchev–Trinajstić information content (AvgIpc) is 2.47. The summed E-state index contributed by atoms with van der Waals surface area (Å²) in [5.74, 6) is 0.145. The zero-order valence-electron chi connectivity index (χ0n) is 12.0. The zero-order valence-corrected chi connectivity index (χ0v) is 12.8. The van der Waals surface area contributed by atoms with Gasteiger partial charge in [-0.2, -0.15) is 4.31 Å². The number of rotatable bonds is 5. The summed E-state index contributed by atoms with van der Waals surface area (Å²) in [5.41, 5.74) is 0.